The monoisotopic (exact) mass is 331 g/mol. The molecule has 0 radical (unpaired) electrons. The second-order valence-corrected chi connectivity index (χ2v) is 7.75. The molecule has 20 heavy (non-hydrogen) atoms. The predicted molar refractivity (Wildman–Crippen MR) is 75.4 cm³/mol. The van der Waals surface area contributed by atoms with Crippen LogP contribution in [0.15, 0.2) is 35.1 Å². The maximum absolute atomic E-state index is 11.7. The first-order chi connectivity index (χ1) is 9.47. The topological polar surface area (TPSA) is 89.0 Å². The van der Waals surface area contributed by atoms with Gasteiger partial charge in [0, 0.05) is 34.5 Å². The number of thiophene rings is 1. The SMILES string of the molecule is O=C(NCCc1ccc(S(=O)(=O)Cl)s1)c1cncnc1. The van der Waals surface area contributed by atoms with E-state index in [1.54, 1.807) is 6.07 Å². The Morgan fingerprint density at radius 2 is 2.00 bits per heavy atom. The van der Waals surface area contributed by atoms with Crippen molar-refractivity contribution in [2.45, 2.75) is 10.6 Å². The van der Waals surface area contributed by atoms with Crippen LogP contribution in [0.25, 0.3) is 0 Å². The Labute approximate surface area is 124 Å². The highest BCUT2D eigenvalue weighted by Gasteiger charge is 2.13. The van der Waals surface area contributed by atoms with Crippen LogP contribution in [0.4, 0.5) is 0 Å². The van der Waals surface area contributed by atoms with Crippen molar-refractivity contribution in [1.82, 2.24) is 15.3 Å². The van der Waals surface area contributed by atoms with E-state index in [2.05, 4.69) is 15.3 Å². The second kappa shape index (κ2) is 6.29. The average molecular weight is 332 g/mol. The molecule has 0 aliphatic rings. The van der Waals surface area contributed by atoms with E-state index in [9.17, 15) is 13.2 Å². The molecule has 2 rings (SSSR count). The van der Waals surface area contributed by atoms with E-state index in [1.807, 2.05) is 0 Å². The molecule has 1 amide bonds. The average Bonchev–Trinajstić information content (AvgIpc) is 2.88. The molecule has 0 fully saturated rings. The lowest BCUT2D eigenvalue weighted by Crippen LogP contribution is -2.25. The Bertz CT molecular complexity index is 701. The summed E-state index contributed by atoms with van der Waals surface area (Å²) in [6.45, 7) is 0.385. The van der Waals surface area contributed by atoms with Crippen LogP contribution >= 0.6 is 22.0 Å². The van der Waals surface area contributed by atoms with Gasteiger partial charge in [0.2, 0.25) is 0 Å². The summed E-state index contributed by atoms with van der Waals surface area (Å²) in [6, 6.07) is 3.13. The lowest BCUT2D eigenvalue weighted by atomic mass is 10.3. The maximum atomic E-state index is 11.7. The van der Waals surface area contributed by atoms with Crippen LogP contribution in [0.2, 0.25) is 0 Å². The standard InChI is InChI=1S/C11H10ClN3O3S2/c12-20(17,18)10-2-1-9(19-10)3-4-15-11(16)8-5-13-7-14-6-8/h1-2,5-7H,3-4H2,(H,15,16). The molecule has 106 valence electrons. The second-order valence-electron chi connectivity index (χ2n) is 3.79. The zero-order chi connectivity index (χ0) is 14.6. The van der Waals surface area contributed by atoms with Crippen molar-refractivity contribution in [3.8, 4) is 0 Å². The first kappa shape index (κ1) is 14.9. The Hall–Kier alpha value is -1.51. The zero-order valence-electron chi connectivity index (χ0n) is 10.1. The Kier molecular flexibility index (Phi) is 4.69. The molecule has 0 saturated carbocycles. The third kappa shape index (κ3) is 3.99. The van der Waals surface area contributed by atoms with Crippen molar-refractivity contribution < 1.29 is 13.2 Å². The van der Waals surface area contributed by atoms with E-state index in [0.717, 1.165) is 16.2 Å². The fourth-order valence-electron chi connectivity index (χ4n) is 1.44. The van der Waals surface area contributed by atoms with Gasteiger partial charge in [0.1, 0.15) is 10.5 Å². The van der Waals surface area contributed by atoms with Crippen molar-refractivity contribution in [3.63, 3.8) is 0 Å². The van der Waals surface area contributed by atoms with Crippen LogP contribution in [0.5, 0.6) is 0 Å². The highest BCUT2D eigenvalue weighted by molar-refractivity contribution is 8.15. The Balaban J connectivity index is 1.88. The number of hydrogen-bond acceptors (Lipinski definition) is 6. The lowest BCUT2D eigenvalue weighted by molar-refractivity contribution is 0.0953. The van der Waals surface area contributed by atoms with Gasteiger partial charge in [0.15, 0.2) is 0 Å². The molecule has 0 aliphatic carbocycles. The predicted octanol–water partition coefficient (Wildman–Crippen LogP) is 1.44. The van der Waals surface area contributed by atoms with Gasteiger partial charge < -0.3 is 5.32 Å². The van der Waals surface area contributed by atoms with E-state index in [4.69, 9.17) is 10.7 Å². The van der Waals surface area contributed by atoms with E-state index in [1.165, 1.54) is 24.8 Å². The van der Waals surface area contributed by atoms with Gasteiger partial charge in [-0.3, -0.25) is 4.79 Å². The minimum Gasteiger partial charge on any atom is -0.352 e. The molecule has 2 heterocycles. The fraction of sp³-hybridized carbons (Fsp3) is 0.182. The number of nitrogens with zero attached hydrogens (tertiary/aromatic N) is 2. The van der Waals surface area contributed by atoms with E-state index >= 15 is 0 Å². The van der Waals surface area contributed by atoms with E-state index in [0.29, 0.717) is 18.5 Å². The normalized spacial score (nSPS) is 11.2. The first-order valence-electron chi connectivity index (χ1n) is 5.53. The van der Waals surface area contributed by atoms with Gasteiger partial charge in [0.25, 0.3) is 15.0 Å². The molecule has 0 aromatic carbocycles. The number of amides is 1. The molecule has 0 atom stereocenters. The molecular formula is C11H10ClN3O3S2. The summed E-state index contributed by atoms with van der Waals surface area (Å²) in [5.41, 5.74) is 0.378. The van der Waals surface area contributed by atoms with Gasteiger partial charge in [-0.15, -0.1) is 11.3 Å². The van der Waals surface area contributed by atoms with Crippen LogP contribution < -0.4 is 5.32 Å². The molecule has 0 bridgehead atoms. The van der Waals surface area contributed by atoms with Gasteiger partial charge in [-0.25, -0.2) is 18.4 Å². The van der Waals surface area contributed by atoms with Crippen LogP contribution in [-0.2, 0) is 15.5 Å². The molecule has 6 nitrogen and oxygen atoms in total. The molecule has 9 heteroatoms. The molecule has 2 aromatic rings. The minimum absolute atomic E-state index is 0.108. The van der Waals surface area contributed by atoms with Gasteiger partial charge >= 0.3 is 0 Å². The quantitative estimate of drug-likeness (QED) is 0.837. The molecule has 0 spiro atoms. The van der Waals surface area contributed by atoms with Crippen molar-refractivity contribution in [2.24, 2.45) is 0 Å². The van der Waals surface area contributed by atoms with Crippen LogP contribution in [-0.4, -0.2) is 30.8 Å². The summed E-state index contributed by atoms with van der Waals surface area (Å²) in [5, 5.41) is 2.70. The Morgan fingerprint density at radius 3 is 2.60 bits per heavy atom. The van der Waals surface area contributed by atoms with E-state index in [-0.39, 0.29) is 10.1 Å². The molecule has 1 N–H and O–H groups in total. The summed E-state index contributed by atoms with van der Waals surface area (Å²) < 4.78 is 22.3. The zero-order valence-corrected chi connectivity index (χ0v) is 12.5. The minimum atomic E-state index is -3.68. The number of carbonyl (C=O) groups excluding carboxylic acids is 1. The highest BCUT2D eigenvalue weighted by Crippen LogP contribution is 2.24. The van der Waals surface area contributed by atoms with Gasteiger partial charge in [-0.05, 0) is 18.6 Å². The van der Waals surface area contributed by atoms with Gasteiger partial charge in [-0.2, -0.15) is 0 Å². The number of halogens is 1. The van der Waals surface area contributed by atoms with Crippen molar-refractivity contribution in [3.05, 3.63) is 41.3 Å². The highest BCUT2D eigenvalue weighted by atomic mass is 35.7. The Morgan fingerprint density at radius 1 is 1.30 bits per heavy atom. The summed E-state index contributed by atoms with van der Waals surface area (Å²) >= 11 is 1.09. The largest absolute Gasteiger partial charge is 0.352 e. The first-order valence-corrected chi connectivity index (χ1v) is 8.66. The molecule has 0 aliphatic heterocycles. The van der Waals surface area contributed by atoms with Crippen LogP contribution in [0, 0.1) is 0 Å². The van der Waals surface area contributed by atoms with Gasteiger partial charge in [0.05, 0.1) is 5.56 Å². The van der Waals surface area contributed by atoms with Crippen molar-refractivity contribution in [1.29, 1.82) is 0 Å². The third-order valence-electron chi connectivity index (χ3n) is 2.36. The molecule has 2 aromatic heterocycles. The number of hydrogen-bond donors (Lipinski definition) is 1. The summed E-state index contributed by atoms with van der Waals surface area (Å²) in [4.78, 5) is 20.0. The van der Waals surface area contributed by atoms with Crippen molar-refractivity contribution in [2.75, 3.05) is 6.54 Å². The van der Waals surface area contributed by atoms with Gasteiger partial charge in [-0.1, -0.05) is 0 Å². The maximum Gasteiger partial charge on any atom is 0.270 e. The number of carbonyl (C=O) groups is 1. The third-order valence-corrected chi connectivity index (χ3v) is 5.59. The smallest absolute Gasteiger partial charge is 0.270 e. The van der Waals surface area contributed by atoms with E-state index < -0.39 is 9.05 Å². The summed E-state index contributed by atoms with van der Waals surface area (Å²) in [6.07, 6.45) is 4.71. The molecule has 0 saturated heterocycles. The number of rotatable bonds is 5. The summed E-state index contributed by atoms with van der Waals surface area (Å²) in [7, 11) is 1.56. The lowest BCUT2D eigenvalue weighted by Gasteiger charge is -2.03. The number of nitrogens with one attached hydrogen (secondary N) is 1. The molecule has 0 unspecified atom stereocenters. The summed E-state index contributed by atoms with van der Waals surface area (Å²) in [5.74, 6) is -0.271. The molecular weight excluding hydrogens is 322 g/mol. The number of aromatic nitrogens is 2. The van der Waals surface area contributed by atoms with Crippen molar-refractivity contribution >= 4 is 37.0 Å². The fourth-order valence-corrected chi connectivity index (χ4v) is 3.56. The van der Waals surface area contributed by atoms with Crippen LogP contribution in [0.1, 0.15) is 15.2 Å². The van der Waals surface area contributed by atoms with Crippen LogP contribution in [0.3, 0.4) is 0 Å².